The van der Waals surface area contributed by atoms with Gasteiger partial charge in [0.2, 0.25) is 0 Å². The lowest BCUT2D eigenvalue weighted by molar-refractivity contribution is 0.682. The molecule has 4 aromatic rings. The first-order valence-electron chi connectivity index (χ1n) is 17.9. The third kappa shape index (κ3) is 5.76. The molecule has 4 aliphatic rings. The molecule has 0 saturated carbocycles. The van der Waals surface area contributed by atoms with Crippen molar-refractivity contribution in [2.75, 3.05) is 4.90 Å². The van der Waals surface area contributed by atoms with Crippen molar-refractivity contribution >= 4 is 33.2 Å². The fourth-order valence-electron chi connectivity index (χ4n) is 8.24. The molecular weight excluding hydrogens is 635 g/mol. The summed E-state index contributed by atoms with van der Waals surface area (Å²) in [4.78, 5) is 2.49. The number of hydrogen-bond acceptors (Lipinski definition) is 4. The van der Waals surface area contributed by atoms with E-state index >= 15 is 0 Å². The second kappa shape index (κ2) is 14.0. The lowest BCUT2D eigenvalue weighted by atomic mass is 9.77. The number of aromatic nitrogens is 1. The van der Waals surface area contributed by atoms with E-state index < -0.39 is 0 Å². The molecular formula is C47H37N5. The number of nitrogens with zero attached hydrogens (tertiary/aromatic N) is 5. The van der Waals surface area contributed by atoms with E-state index in [1.54, 1.807) is 6.08 Å². The molecule has 3 atom stereocenters. The number of benzene rings is 3. The number of para-hydroxylation sites is 2. The largest absolute Gasteiger partial charge is 0.335 e. The fraction of sp³-hybridized carbons (Fsp3) is 0.170. The molecule has 2 heterocycles. The Hall–Kier alpha value is -6.61. The summed E-state index contributed by atoms with van der Waals surface area (Å²) in [7, 11) is 0. The summed E-state index contributed by atoms with van der Waals surface area (Å²) < 4.78 is 2.16. The first kappa shape index (κ1) is 32.6. The van der Waals surface area contributed by atoms with E-state index in [9.17, 15) is 15.8 Å². The van der Waals surface area contributed by atoms with Crippen LogP contribution in [0.3, 0.4) is 0 Å². The average molecular weight is 672 g/mol. The number of hydrogen-bond donors (Lipinski definition) is 0. The molecule has 5 nitrogen and oxygen atoms in total. The van der Waals surface area contributed by atoms with Gasteiger partial charge in [0.1, 0.15) is 6.07 Å². The van der Waals surface area contributed by atoms with Crippen LogP contribution >= 0.6 is 0 Å². The van der Waals surface area contributed by atoms with E-state index in [4.69, 9.17) is 0 Å². The van der Waals surface area contributed by atoms with E-state index in [1.165, 1.54) is 22.5 Å². The van der Waals surface area contributed by atoms with Gasteiger partial charge in [-0.05, 0) is 85.4 Å². The van der Waals surface area contributed by atoms with Crippen molar-refractivity contribution in [1.82, 2.24) is 4.57 Å². The van der Waals surface area contributed by atoms with Gasteiger partial charge in [-0.1, -0.05) is 97.2 Å². The van der Waals surface area contributed by atoms with Gasteiger partial charge in [-0.25, -0.2) is 0 Å². The Morgan fingerprint density at radius 3 is 2.38 bits per heavy atom. The normalized spacial score (nSPS) is 22.7. The highest BCUT2D eigenvalue weighted by Gasteiger charge is 2.31. The number of nitriles is 3. The number of fused-ring (bicyclic) bond motifs is 4. The Balaban J connectivity index is 1.16. The molecule has 3 unspecified atom stereocenters. The highest BCUT2D eigenvalue weighted by Crippen LogP contribution is 2.44. The first-order chi connectivity index (χ1) is 25.6. The van der Waals surface area contributed by atoms with Crippen molar-refractivity contribution in [3.63, 3.8) is 0 Å². The van der Waals surface area contributed by atoms with E-state index in [0.717, 1.165) is 52.3 Å². The maximum Gasteiger partial charge on any atom is 0.101 e. The Morgan fingerprint density at radius 1 is 0.750 bits per heavy atom. The molecule has 52 heavy (non-hydrogen) atoms. The van der Waals surface area contributed by atoms with E-state index in [2.05, 4.69) is 138 Å². The zero-order valence-corrected chi connectivity index (χ0v) is 29.1. The Morgan fingerprint density at radius 2 is 1.56 bits per heavy atom. The molecule has 250 valence electrons. The summed E-state index contributed by atoms with van der Waals surface area (Å²) >= 11 is 0. The van der Waals surface area contributed by atoms with E-state index in [1.807, 2.05) is 30.3 Å². The molecule has 0 N–H and O–H groups in total. The molecule has 0 saturated heterocycles. The van der Waals surface area contributed by atoms with Gasteiger partial charge in [-0.15, -0.1) is 0 Å². The number of rotatable bonds is 4. The van der Waals surface area contributed by atoms with Crippen molar-refractivity contribution in [3.8, 4) is 18.2 Å². The van der Waals surface area contributed by atoms with Crippen molar-refractivity contribution in [3.05, 3.63) is 179 Å². The minimum atomic E-state index is -0.186. The highest BCUT2D eigenvalue weighted by molar-refractivity contribution is 6.10. The lowest BCUT2D eigenvalue weighted by Crippen LogP contribution is -2.32. The van der Waals surface area contributed by atoms with Crippen LogP contribution in [0.4, 0.5) is 5.69 Å². The SMILES string of the molecule is CC1/C=C\C=C/Cc2ccccc2N1C1=C(C2C=CC(C3CC(n4c5ccccc5c5cc(C#N)ccc54)=C(C#N)C=C3C#N)=CC2)CC=CC=C1. The summed E-state index contributed by atoms with van der Waals surface area (Å²) in [5.41, 5.74) is 10.7. The Bertz CT molecular complexity index is 2530. The van der Waals surface area contributed by atoms with Crippen LogP contribution in [0.1, 0.15) is 37.3 Å². The lowest BCUT2D eigenvalue weighted by Gasteiger charge is -2.35. The van der Waals surface area contributed by atoms with Gasteiger partial charge in [-0.2, -0.15) is 15.8 Å². The summed E-state index contributed by atoms with van der Waals surface area (Å²) in [6.45, 7) is 2.26. The topological polar surface area (TPSA) is 79.5 Å². The zero-order valence-electron chi connectivity index (χ0n) is 29.1. The van der Waals surface area contributed by atoms with Gasteiger partial charge in [-0.3, -0.25) is 0 Å². The van der Waals surface area contributed by atoms with Crippen LogP contribution in [0.25, 0.3) is 27.5 Å². The minimum absolute atomic E-state index is 0.146. The molecule has 0 spiro atoms. The summed E-state index contributed by atoms with van der Waals surface area (Å²) in [6.07, 6.45) is 29.3. The van der Waals surface area contributed by atoms with Gasteiger partial charge in [0.25, 0.3) is 0 Å². The minimum Gasteiger partial charge on any atom is -0.335 e. The number of allylic oxidation sites excluding steroid dienone is 16. The van der Waals surface area contributed by atoms with Crippen LogP contribution in [-0.2, 0) is 6.42 Å². The van der Waals surface area contributed by atoms with Crippen molar-refractivity contribution in [2.24, 2.45) is 11.8 Å². The average Bonchev–Trinajstić information content (AvgIpc) is 3.37. The molecule has 3 aromatic carbocycles. The van der Waals surface area contributed by atoms with Gasteiger partial charge >= 0.3 is 0 Å². The maximum atomic E-state index is 10.4. The monoisotopic (exact) mass is 671 g/mol. The zero-order chi connectivity index (χ0) is 35.6. The second-order valence-corrected chi connectivity index (χ2v) is 13.7. The van der Waals surface area contributed by atoms with Crippen molar-refractivity contribution in [2.45, 2.75) is 38.6 Å². The smallest absolute Gasteiger partial charge is 0.101 e. The summed E-state index contributed by atoms with van der Waals surface area (Å²) in [5.74, 6) is 0.00334. The predicted molar refractivity (Wildman–Crippen MR) is 210 cm³/mol. The summed E-state index contributed by atoms with van der Waals surface area (Å²) in [5, 5.41) is 32.4. The molecule has 8 rings (SSSR count). The third-order valence-corrected chi connectivity index (χ3v) is 10.7. The van der Waals surface area contributed by atoms with E-state index in [-0.39, 0.29) is 17.9 Å². The molecule has 0 radical (unpaired) electrons. The Kier molecular flexibility index (Phi) is 8.74. The standard InChI is InChI=1S/C47H37N5/c1-32-12-4-2-5-13-36-14-8-10-17-43(36)51(32)44-18-7-3-6-15-39(44)34-21-23-35(24-22-34)41-28-47(38(31-50)27-37(41)30-49)52-45-19-11-9-16-40(45)42-26-33(29-48)20-25-46(42)52/h2-12,14,16-21,23-27,32,34,41H,13,15,22,28H2,1H3/b5-2-,12-4-. The molecule has 1 aliphatic heterocycles. The van der Waals surface area contributed by atoms with Crippen LogP contribution in [0.2, 0.25) is 0 Å². The maximum absolute atomic E-state index is 10.4. The Labute approximate surface area is 305 Å². The van der Waals surface area contributed by atoms with Gasteiger partial charge in [0.15, 0.2) is 0 Å². The van der Waals surface area contributed by atoms with Crippen LogP contribution < -0.4 is 4.90 Å². The highest BCUT2D eigenvalue weighted by atomic mass is 15.2. The summed E-state index contributed by atoms with van der Waals surface area (Å²) in [6, 6.07) is 29.8. The van der Waals surface area contributed by atoms with Crippen molar-refractivity contribution in [1.29, 1.82) is 15.8 Å². The quantitative estimate of drug-likeness (QED) is 0.216. The predicted octanol–water partition coefficient (Wildman–Crippen LogP) is 10.7. The van der Waals surface area contributed by atoms with Crippen molar-refractivity contribution < 1.29 is 0 Å². The fourth-order valence-corrected chi connectivity index (χ4v) is 8.24. The molecule has 0 amide bonds. The van der Waals surface area contributed by atoms with Crippen LogP contribution in [0.5, 0.6) is 0 Å². The van der Waals surface area contributed by atoms with E-state index in [0.29, 0.717) is 23.1 Å². The second-order valence-electron chi connectivity index (χ2n) is 13.7. The third-order valence-electron chi connectivity index (χ3n) is 10.7. The van der Waals surface area contributed by atoms with Crippen LogP contribution in [0.15, 0.2) is 168 Å². The van der Waals surface area contributed by atoms with Gasteiger partial charge in [0, 0.05) is 57.7 Å². The molecule has 0 fully saturated rings. The van der Waals surface area contributed by atoms with Gasteiger partial charge in [0.05, 0.1) is 34.3 Å². The molecule has 5 heteroatoms. The first-order valence-corrected chi connectivity index (χ1v) is 17.9. The molecule has 1 aromatic heterocycles. The molecule has 0 bridgehead atoms. The van der Waals surface area contributed by atoms with Crippen LogP contribution in [0, 0.1) is 45.8 Å². The van der Waals surface area contributed by atoms with Crippen LogP contribution in [-0.4, -0.2) is 10.6 Å². The molecule has 3 aliphatic carbocycles. The van der Waals surface area contributed by atoms with Gasteiger partial charge < -0.3 is 9.47 Å². The number of anilines is 1.